The summed E-state index contributed by atoms with van der Waals surface area (Å²) in [6, 6.07) is 0. The molecule has 0 saturated carbocycles. The van der Waals surface area contributed by atoms with E-state index in [2.05, 4.69) is 74.6 Å². The van der Waals surface area contributed by atoms with E-state index in [1.807, 2.05) is 0 Å². The van der Waals surface area contributed by atoms with Crippen LogP contribution in [0.2, 0.25) is 0 Å². The van der Waals surface area contributed by atoms with Crippen LogP contribution in [0.5, 0.6) is 0 Å². The highest BCUT2D eigenvalue weighted by Gasteiger charge is 2.15. The summed E-state index contributed by atoms with van der Waals surface area (Å²) in [4.78, 5) is 24.1. The van der Waals surface area contributed by atoms with Crippen molar-refractivity contribution in [1.29, 1.82) is 0 Å². The van der Waals surface area contributed by atoms with Gasteiger partial charge in [0.1, 0.15) is 6.61 Å². The Balaban J connectivity index is 3.72. The van der Waals surface area contributed by atoms with Crippen LogP contribution in [0.3, 0.4) is 0 Å². The van der Waals surface area contributed by atoms with Gasteiger partial charge in [0.25, 0.3) is 0 Å². The number of allylic oxidation sites excluding steroid dienone is 10. The second-order valence-corrected chi connectivity index (χ2v) is 11.6. The predicted molar refractivity (Wildman–Crippen MR) is 187 cm³/mol. The molecule has 0 bridgehead atoms. The molecule has 0 aromatic rings. The molecule has 0 fully saturated rings. The minimum absolute atomic E-state index is 0.0997. The van der Waals surface area contributed by atoms with Crippen molar-refractivity contribution in [1.82, 2.24) is 0 Å². The summed E-state index contributed by atoms with van der Waals surface area (Å²) in [5.74, 6) is -0.673. The van der Waals surface area contributed by atoms with Crippen LogP contribution in [-0.4, -0.2) is 36.4 Å². The van der Waals surface area contributed by atoms with E-state index in [0.717, 1.165) is 51.4 Å². The normalized spacial score (nSPS) is 12.9. The lowest BCUT2D eigenvalue weighted by Crippen LogP contribution is -2.28. The number of aliphatic hydroxyl groups is 1. The largest absolute Gasteiger partial charge is 0.462 e. The fourth-order valence-corrected chi connectivity index (χ4v) is 4.54. The van der Waals surface area contributed by atoms with E-state index in [1.54, 1.807) is 0 Å². The number of aliphatic hydroxyl groups excluding tert-OH is 1. The number of hydrogen-bond donors (Lipinski definition) is 1. The van der Waals surface area contributed by atoms with Crippen LogP contribution in [0.15, 0.2) is 60.8 Å². The third kappa shape index (κ3) is 32.5. The zero-order valence-electron chi connectivity index (χ0n) is 28.4. The highest BCUT2D eigenvalue weighted by Crippen LogP contribution is 2.10. The molecule has 0 spiro atoms. The molecular formula is C39H66O5. The zero-order valence-corrected chi connectivity index (χ0v) is 28.4. The van der Waals surface area contributed by atoms with Crippen molar-refractivity contribution in [2.75, 3.05) is 13.2 Å². The van der Waals surface area contributed by atoms with Gasteiger partial charge in [0.05, 0.1) is 6.61 Å². The first-order valence-corrected chi connectivity index (χ1v) is 17.8. The maximum absolute atomic E-state index is 12.1. The van der Waals surface area contributed by atoms with Gasteiger partial charge in [0, 0.05) is 12.8 Å². The van der Waals surface area contributed by atoms with Crippen LogP contribution in [0, 0.1) is 0 Å². The Labute approximate surface area is 271 Å². The molecule has 5 heteroatoms. The number of unbranched alkanes of at least 4 members (excludes halogenated alkanes) is 13. The number of carbonyl (C=O) groups is 2. The molecule has 0 aromatic heterocycles. The Hall–Kier alpha value is -2.40. The number of hydrogen-bond acceptors (Lipinski definition) is 5. The summed E-state index contributed by atoms with van der Waals surface area (Å²) in [7, 11) is 0. The number of ether oxygens (including phenoxy) is 2. The molecule has 0 heterocycles. The molecule has 0 aliphatic rings. The van der Waals surface area contributed by atoms with Gasteiger partial charge in [-0.05, 0) is 77.0 Å². The SMILES string of the molecule is CCCCC/C=C\C/C=C\C/C=C\C/C=C\CCCC(=O)OC[C@H](CO)OC(=O)CCCCCCC/C=C\CCCCCC. The van der Waals surface area contributed by atoms with Gasteiger partial charge in [0.2, 0.25) is 0 Å². The maximum atomic E-state index is 12.1. The maximum Gasteiger partial charge on any atom is 0.306 e. The average molecular weight is 615 g/mol. The first kappa shape index (κ1) is 41.6. The van der Waals surface area contributed by atoms with Gasteiger partial charge in [0.15, 0.2) is 6.10 Å². The van der Waals surface area contributed by atoms with Crippen LogP contribution < -0.4 is 0 Å². The Morgan fingerprint density at radius 1 is 0.523 bits per heavy atom. The van der Waals surface area contributed by atoms with Gasteiger partial charge in [-0.1, -0.05) is 126 Å². The molecular weight excluding hydrogens is 548 g/mol. The summed E-state index contributed by atoms with van der Waals surface area (Å²) in [6.45, 7) is 4.02. The summed E-state index contributed by atoms with van der Waals surface area (Å²) < 4.78 is 10.5. The van der Waals surface area contributed by atoms with E-state index in [0.29, 0.717) is 19.3 Å². The van der Waals surface area contributed by atoms with Gasteiger partial charge in [-0.25, -0.2) is 0 Å². The molecule has 0 radical (unpaired) electrons. The van der Waals surface area contributed by atoms with Crippen molar-refractivity contribution in [3.63, 3.8) is 0 Å². The smallest absolute Gasteiger partial charge is 0.306 e. The molecule has 0 aromatic carbocycles. The van der Waals surface area contributed by atoms with E-state index in [1.165, 1.54) is 70.6 Å². The van der Waals surface area contributed by atoms with Gasteiger partial charge >= 0.3 is 11.9 Å². The van der Waals surface area contributed by atoms with E-state index in [4.69, 9.17) is 9.47 Å². The van der Waals surface area contributed by atoms with Crippen molar-refractivity contribution < 1.29 is 24.2 Å². The Morgan fingerprint density at radius 3 is 1.50 bits per heavy atom. The molecule has 0 saturated heterocycles. The van der Waals surface area contributed by atoms with E-state index in [-0.39, 0.29) is 25.2 Å². The lowest BCUT2D eigenvalue weighted by atomic mass is 10.1. The third-order valence-corrected chi connectivity index (χ3v) is 7.28. The average Bonchev–Trinajstić information content (AvgIpc) is 3.02. The molecule has 44 heavy (non-hydrogen) atoms. The number of carbonyl (C=O) groups excluding carboxylic acids is 2. The highest BCUT2D eigenvalue weighted by molar-refractivity contribution is 5.70. The van der Waals surface area contributed by atoms with E-state index < -0.39 is 6.10 Å². The fourth-order valence-electron chi connectivity index (χ4n) is 4.54. The molecule has 0 amide bonds. The van der Waals surface area contributed by atoms with Gasteiger partial charge in [-0.3, -0.25) is 9.59 Å². The minimum Gasteiger partial charge on any atom is -0.462 e. The Bertz CT molecular complexity index is 792. The Kier molecular flexibility index (Phi) is 33.2. The molecule has 1 N–H and O–H groups in total. The molecule has 0 aliphatic carbocycles. The fraction of sp³-hybridized carbons (Fsp3) is 0.692. The zero-order chi connectivity index (χ0) is 32.2. The van der Waals surface area contributed by atoms with Crippen LogP contribution in [-0.2, 0) is 19.1 Å². The third-order valence-electron chi connectivity index (χ3n) is 7.28. The second-order valence-electron chi connectivity index (χ2n) is 11.6. The van der Waals surface area contributed by atoms with Crippen molar-refractivity contribution in [3.05, 3.63) is 60.8 Å². The quantitative estimate of drug-likeness (QED) is 0.0478. The Morgan fingerprint density at radius 2 is 0.932 bits per heavy atom. The standard InChI is InChI=1S/C39H66O5/c1-3-5-7-9-11-13-15-17-18-19-20-22-23-25-27-29-31-33-38(41)43-36-37(35-40)44-39(42)34-32-30-28-26-24-21-16-14-12-10-8-6-4-2/h11,13-14,16-18,20,22,25,27,37,40H,3-10,12,15,19,21,23-24,26,28-36H2,1-2H3/b13-11-,16-14-,18-17-,22-20-,27-25-/t37-/m0/s1. The lowest BCUT2D eigenvalue weighted by Gasteiger charge is -2.15. The molecule has 1 atom stereocenters. The summed E-state index contributed by atoms with van der Waals surface area (Å²) in [6.07, 6.45) is 44.2. The van der Waals surface area contributed by atoms with E-state index in [9.17, 15) is 14.7 Å². The summed E-state index contributed by atoms with van der Waals surface area (Å²) in [5, 5.41) is 9.51. The lowest BCUT2D eigenvalue weighted by molar-refractivity contribution is -0.161. The van der Waals surface area contributed by atoms with E-state index >= 15 is 0 Å². The van der Waals surface area contributed by atoms with Crippen LogP contribution >= 0.6 is 0 Å². The summed E-state index contributed by atoms with van der Waals surface area (Å²) in [5.41, 5.74) is 0. The topological polar surface area (TPSA) is 72.8 Å². The van der Waals surface area contributed by atoms with Crippen molar-refractivity contribution in [2.45, 2.75) is 161 Å². The van der Waals surface area contributed by atoms with Crippen LogP contribution in [0.4, 0.5) is 0 Å². The van der Waals surface area contributed by atoms with Gasteiger partial charge < -0.3 is 14.6 Å². The predicted octanol–water partition coefficient (Wildman–Crippen LogP) is 10.8. The second kappa shape index (κ2) is 35.1. The van der Waals surface area contributed by atoms with Crippen molar-refractivity contribution in [2.24, 2.45) is 0 Å². The van der Waals surface area contributed by atoms with Crippen LogP contribution in [0.25, 0.3) is 0 Å². The van der Waals surface area contributed by atoms with Crippen molar-refractivity contribution >= 4 is 11.9 Å². The van der Waals surface area contributed by atoms with Crippen molar-refractivity contribution in [3.8, 4) is 0 Å². The number of rotatable bonds is 31. The molecule has 0 unspecified atom stereocenters. The minimum atomic E-state index is -0.797. The highest BCUT2D eigenvalue weighted by atomic mass is 16.6. The van der Waals surface area contributed by atoms with Gasteiger partial charge in [-0.2, -0.15) is 0 Å². The number of esters is 2. The first-order chi connectivity index (χ1) is 21.6. The molecule has 0 rings (SSSR count). The van der Waals surface area contributed by atoms with Crippen LogP contribution in [0.1, 0.15) is 155 Å². The molecule has 0 aliphatic heterocycles. The first-order valence-electron chi connectivity index (χ1n) is 17.8. The monoisotopic (exact) mass is 614 g/mol. The molecule has 5 nitrogen and oxygen atoms in total. The summed E-state index contributed by atoms with van der Waals surface area (Å²) >= 11 is 0. The van der Waals surface area contributed by atoms with Gasteiger partial charge in [-0.15, -0.1) is 0 Å². The molecule has 252 valence electrons.